The summed E-state index contributed by atoms with van der Waals surface area (Å²) in [6, 6.07) is 4.35. The SMILES string of the molecule is CC1(C)C=Cc2c(ccc3c4c([nH]c23)C(C)(C)[C@H]2C[C@@]35CCCN3C[C@]2(C4)NC5=O)O1. The van der Waals surface area contributed by atoms with E-state index in [-0.39, 0.29) is 28.0 Å². The summed E-state index contributed by atoms with van der Waals surface area (Å²) in [5.41, 5.74) is 4.31. The first-order valence-electron chi connectivity index (χ1n) is 11.8. The number of hydrogen-bond acceptors (Lipinski definition) is 3. The number of aromatic amines is 1. The zero-order chi connectivity index (χ0) is 21.4. The van der Waals surface area contributed by atoms with Crippen LogP contribution in [0, 0.1) is 5.92 Å². The smallest absolute Gasteiger partial charge is 0.241 e. The number of ether oxygens (including phenoxy) is 1. The molecule has 1 aromatic heterocycles. The van der Waals surface area contributed by atoms with Crippen LogP contribution < -0.4 is 10.1 Å². The molecule has 162 valence electrons. The monoisotopic (exact) mass is 417 g/mol. The van der Waals surface area contributed by atoms with E-state index < -0.39 is 0 Å². The maximum Gasteiger partial charge on any atom is 0.241 e. The molecule has 3 atom stereocenters. The van der Waals surface area contributed by atoms with Crippen LogP contribution in [0.5, 0.6) is 5.75 Å². The number of piperidine rings is 2. The first-order chi connectivity index (χ1) is 14.7. The molecule has 2 N–H and O–H groups in total. The van der Waals surface area contributed by atoms with E-state index in [9.17, 15) is 4.79 Å². The van der Waals surface area contributed by atoms with Gasteiger partial charge in [-0.25, -0.2) is 0 Å². The van der Waals surface area contributed by atoms with Crippen LogP contribution in [0.3, 0.4) is 0 Å². The average molecular weight is 418 g/mol. The summed E-state index contributed by atoms with van der Waals surface area (Å²) in [6.45, 7) is 11.0. The number of amides is 1. The van der Waals surface area contributed by atoms with Crippen molar-refractivity contribution in [2.75, 3.05) is 13.1 Å². The highest BCUT2D eigenvalue weighted by Crippen LogP contribution is 2.59. The van der Waals surface area contributed by atoms with Crippen LogP contribution in [0.15, 0.2) is 18.2 Å². The van der Waals surface area contributed by atoms with Crippen LogP contribution in [-0.4, -0.2) is 45.6 Å². The summed E-state index contributed by atoms with van der Waals surface area (Å²) < 4.78 is 6.25. The molecule has 5 nitrogen and oxygen atoms in total. The van der Waals surface area contributed by atoms with Crippen LogP contribution in [0.2, 0.25) is 0 Å². The molecule has 0 saturated carbocycles. The molecule has 1 aliphatic carbocycles. The summed E-state index contributed by atoms with van der Waals surface area (Å²) in [5, 5.41) is 4.86. The summed E-state index contributed by atoms with van der Waals surface area (Å²) in [5.74, 6) is 1.66. The van der Waals surface area contributed by atoms with E-state index in [0.717, 1.165) is 50.1 Å². The Kier molecular flexibility index (Phi) is 3.07. The molecule has 5 heteroatoms. The number of piperazine rings is 1. The van der Waals surface area contributed by atoms with Crippen molar-refractivity contribution in [1.82, 2.24) is 15.2 Å². The predicted molar refractivity (Wildman–Crippen MR) is 121 cm³/mol. The van der Waals surface area contributed by atoms with Gasteiger partial charge < -0.3 is 15.0 Å². The fourth-order valence-corrected chi connectivity index (χ4v) is 7.77. The minimum absolute atomic E-state index is 0.0343. The van der Waals surface area contributed by atoms with Crippen molar-refractivity contribution in [3.63, 3.8) is 0 Å². The molecule has 2 bridgehead atoms. The number of aromatic nitrogens is 1. The van der Waals surface area contributed by atoms with Crippen molar-refractivity contribution >= 4 is 22.9 Å². The molecule has 5 aliphatic heterocycles. The van der Waals surface area contributed by atoms with E-state index in [2.05, 4.69) is 67.2 Å². The maximum atomic E-state index is 13.3. The molecule has 2 aromatic rings. The first kappa shape index (κ1) is 18.3. The molecule has 4 saturated heterocycles. The third kappa shape index (κ3) is 2.05. The number of carbonyl (C=O) groups excluding carboxylic acids is 1. The van der Waals surface area contributed by atoms with Crippen molar-refractivity contribution in [3.8, 4) is 5.75 Å². The minimum Gasteiger partial charge on any atom is -0.483 e. The van der Waals surface area contributed by atoms with Crippen LogP contribution in [0.4, 0.5) is 0 Å². The van der Waals surface area contributed by atoms with E-state index >= 15 is 0 Å². The average Bonchev–Trinajstić information content (AvgIpc) is 3.28. The fraction of sp³-hybridized carbons (Fsp3) is 0.577. The number of nitrogens with zero attached hydrogens (tertiary/aromatic N) is 1. The standard InChI is InChI=1S/C26H31N3O2/c1-23(2)10-8-16-18(31-23)7-6-15-17-12-25-14-29-11-5-9-26(29,22(30)28-25)13-19(25)24(3,4)21(17)27-20(15)16/h6-8,10,19,27H,5,9,11-14H2,1-4H3,(H,28,30)/t19-,25+,26-/m1/s1. The van der Waals surface area contributed by atoms with Gasteiger partial charge in [-0.3, -0.25) is 9.69 Å². The molecular formula is C26H31N3O2. The number of nitrogens with one attached hydrogen (secondary N) is 2. The second kappa shape index (κ2) is 5.20. The molecule has 0 unspecified atom stereocenters. The second-order valence-electron chi connectivity index (χ2n) is 11.7. The van der Waals surface area contributed by atoms with Gasteiger partial charge in [0, 0.05) is 28.6 Å². The number of carbonyl (C=O) groups is 1. The van der Waals surface area contributed by atoms with Crippen LogP contribution in [0.1, 0.15) is 63.8 Å². The van der Waals surface area contributed by atoms with E-state index in [1.165, 1.54) is 22.2 Å². The summed E-state index contributed by atoms with van der Waals surface area (Å²) >= 11 is 0. The lowest BCUT2D eigenvalue weighted by atomic mass is 9.51. The van der Waals surface area contributed by atoms with Gasteiger partial charge in [-0.2, -0.15) is 0 Å². The predicted octanol–water partition coefficient (Wildman–Crippen LogP) is 3.91. The lowest BCUT2D eigenvalue weighted by Gasteiger charge is -2.65. The molecule has 0 radical (unpaired) electrons. The minimum atomic E-state index is -0.283. The molecule has 2 spiro atoms. The van der Waals surface area contributed by atoms with Gasteiger partial charge in [-0.05, 0) is 81.8 Å². The number of H-pyrrole nitrogens is 1. The van der Waals surface area contributed by atoms with Gasteiger partial charge in [0.15, 0.2) is 0 Å². The van der Waals surface area contributed by atoms with Crippen molar-refractivity contribution in [2.45, 2.75) is 75.5 Å². The number of hydrogen-bond donors (Lipinski definition) is 2. The van der Waals surface area contributed by atoms with Crippen LogP contribution in [0.25, 0.3) is 17.0 Å². The summed E-state index contributed by atoms with van der Waals surface area (Å²) in [6.07, 6.45) is 8.39. The summed E-state index contributed by atoms with van der Waals surface area (Å²) in [7, 11) is 0. The van der Waals surface area contributed by atoms with Crippen molar-refractivity contribution in [1.29, 1.82) is 0 Å². The molecule has 6 heterocycles. The van der Waals surface area contributed by atoms with E-state index in [1.54, 1.807) is 0 Å². The number of rotatable bonds is 0. The Bertz CT molecular complexity index is 1200. The zero-order valence-electron chi connectivity index (χ0n) is 18.9. The zero-order valence-corrected chi connectivity index (χ0v) is 18.9. The van der Waals surface area contributed by atoms with Crippen LogP contribution in [-0.2, 0) is 16.6 Å². The Labute approximate surface area is 183 Å². The highest BCUT2D eigenvalue weighted by Gasteiger charge is 2.68. The molecule has 1 aromatic carbocycles. The van der Waals surface area contributed by atoms with E-state index in [0.29, 0.717) is 5.92 Å². The number of benzene rings is 1. The van der Waals surface area contributed by atoms with Gasteiger partial charge in [-0.1, -0.05) is 13.8 Å². The quantitative estimate of drug-likeness (QED) is 0.683. The second-order valence-corrected chi connectivity index (χ2v) is 11.7. The molecule has 1 amide bonds. The van der Waals surface area contributed by atoms with E-state index in [4.69, 9.17) is 4.74 Å². The highest BCUT2D eigenvalue weighted by atomic mass is 16.5. The van der Waals surface area contributed by atoms with Gasteiger partial charge in [0.05, 0.1) is 11.1 Å². The van der Waals surface area contributed by atoms with E-state index in [1.807, 2.05) is 0 Å². The molecule has 31 heavy (non-hydrogen) atoms. The normalized spacial score (nSPS) is 36.4. The Morgan fingerprint density at radius 3 is 2.87 bits per heavy atom. The van der Waals surface area contributed by atoms with Gasteiger partial charge in [0.25, 0.3) is 0 Å². The fourth-order valence-electron chi connectivity index (χ4n) is 7.77. The Hall–Kier alpha value is -2.27. The highest BCUT2D eigenvalue weighted by molar-refractivity contribution is 5.96. The largest absolute Gasteiger partial charge is 0.483 e. The van der Waals surface area contributed by atoms with Crippen molar-refractivity contribution < 1.29 is 9.53 Å². The van der Waals surface area contributed by atoms with Crippen molar-refractivity contribution in [2.24, 2.45) is 5.92 Å². The van der Waals surface area contributed by atoms with Crippen molar-refractivity contribution in [3.05, 3.63) is 35.0 Å². The van der Waals surface area contributed by atoms with Gasteiger partial charge in [0.1, 0.15) is 16.9 Å². The van der Waals surface area contributed by atoms with Gasteiger partial charge in [-0.15, -0.1) is 0 Å². The Balaban J connectivity index is 1.43. The lowest BCUT2D eigenvalue weighted by molar-refractivity contribution is -0.160. The molecular weight excluding hydrogens is 386 g/mol. The Morgan fingerprint density at radius 1 is 1.19 bits per heavy atom. The molecule has 4 fully saturated rings. The molecule has 8 rings (SSSR count). The Morgan fingerprint density at radius 2 is 2.03 bits per heavy atom. The number of fused-ring (bicyclic) bond motifs is 6. The van der Waals surface area contributed by atoms with Gasteiger partial charge in [0.2, 0.25) is 5.91 Å². The summed E-state index contributed by atoms with van der Waals surface area (Å²) in [4.78, 5) is 19.7. The maximum absolute atomic E-state index is 13.3. The van der Waals surface area contributed by atoms with Gasteiger partial charge >= 0.3 is 0 Å². The van der Waals surface area contributed by atoms with Crippen LogP contribution >= 0.6 is 0 Å². The lowest BCUT2D eigenvalue weighted by Crippen LogP contribution is -2.82. The third-order valence-electron chi connectivity index (χ3n) is 9.21. The third-order valence-corrected chi connectivity index (χ3v) is 9.21. The first-order valence-corrected chi connectivity index (χ1v) is 11.8. The molecule has 6 aliphatic rings. The topological polar surface area (TPSA) is 57.4 Å².